The lowest BCUT2D eigenvalue weighted by molar-refractivity contribution is -0.186. The third-order valence-electron chi connectivity index (χ3n) is 4.10. The zero-order valence-corrected chi connectivity index (χ0v) is 14.0. The zero-order valence-electron chi connectivity index (χ0n) is 14.0. The van der Waals surface area contributed by atoms with Gasteiger partial charge >= 0.3 is 18.1 Å². The fraction of sp³-hybridized carbons (Fsp3) is 0.438. The van der Waals surface area contributed by atoms with Gasteiger partial charge in [0.05, 0.1) is 6.04 Å². The Kier molecular flexibility index (Phi) is 5.73. The summed E-state index contributed by atoms with van der Waals surface area (Å²) in [5.74, 6) is -2.63. The number of alkyl halides is 3. The van der Waals surface area contributed by atoms with E-state index < -0.39 is 36.1 Å². The van der Waals surface area contributed by atoms with Crippen molar-refractivity contribution in [3.63, 3.8) is 0 Å². The molecule has 0 bridgehead atoms. The van der Waals surface area contributed by atoms with Gasteiger partial charge in [0, 0.05) is 12.2 Å². The van der Waals surface area contributed by atoms with Gasteiger partial charge in [0.1, 0.15) is 6.04 Å². The van der Waals surface area contributed by atoms with Crippen molar-refractivity contribution in [1.29, 1.82) is 0 Å². The van der Waals surface area contributed by atoms with Crippen molar-refractivity contribution >= 4 is 23.5 Å². The van der Waals surface area contributed by atoms with E-state index in [1.54, 1.807) is 31.2 Å². The van der Waals surface area contributed by atoms with Crippen LogP contribution in [0.4, 0.5) is 23.7 Å². The Morgan fingerprint density at radius 1 is 1.23 bits per heavy atom. The number of urea groups is 1. The van der Waals surface area contributed by atoms with Gasteiger partial charge < -0.3 is 21.3 Å². The summed E-state index contributed by atoms with van der Waals surface area (Å²) in [5.41, 5.74) is 6.16. The molecule has 1 aliphatic rings. The number of amides is 4. The number of hydrogen-bond donors (Lipinski definition) is 3. The summed E-state index contributed by atoms with van der Waals surface area (Å²) in [6.07, 6.45) is -4.48. The highest BCUT2D eigenvalue weighted by atomic mass is 19.4. The normalized spacial score (nSPS) is 18.3. The van der Waals surface area contributed by atoms with Crippen molar-refractivity contribution in [3.8, 4) is 0 Å². The minimum Gasteiger partial charge on any atom is -0.351 e. The van der Waals surface area contributed by atoms with Gasteiger partial charge in [-0.25, -0.2) is 4.79 Å². The van der Waals surface area contributed by atoms with E-state index in [2.05, 4.69) is 10.6 Å². The van der Waals surface area contributed by atoms with E-state index in [-0.39, 0.29) is 13.0 Å². The number of benzene rings is 1. The van der Waals surface area contributed by atoms with E-state index in [0.29, 0.717) is 22.6 Å². The number of nitrogens with two attached hydrogens (primary N) is 1. The molecule has 142 valence electrons. The lowest BCUT2D eigenvalue weighted by atomic mass is 10.1. The van der Waals surface area contributed by atoms with Crippen molar-refractivity contribution in [1.82, 2.24) is 10.2 Å². The first-order valence-electron chi connectivity index (χ1n) is 7.94. The molecule has 10 heteroatoms. The second kappa shape index (κ2) is 7.63. The number of hydrogen-bond acceptors (Lipinski definition) is 3. The standard InChI is InChI=1S/C16H19F3N4O3/c1-9(10-4-6-11(7-5-10)22-15(20)26)21-13(24)12-3-2-8-23(12)14(25)16(17,18)19/h4-7,9,12H,2-3,8H2,1H3,(H,21,24)(H3,20,22,26). The van der Waals surface area contributed by atoms with Crippen LogP contribution in [0.15, 0.2) is 24.3 Å². The SMILES string of the molecule is CC(NC(=O)C1CCCN1C(=O)C(F)(F)F)c1ccc(NC(N)=O)cc1. The molecule has 0 radical (unpaired) electrons. The van der Waals surface area contributed by atoms with Crippen molar-refractivity contribution < 1.29 is 27.6 Å². The first-order chi connectivity index (χ1) is 12.1. The highest BCUT2D eigenvalue weighted by Crippen LogP contribution is 2.26. The molecule has 0 saturated carbocycles. The lowest BCUT2D eigenvalue weighted by Gasteiger charge is -2.26. The van der Waals surface area contributed by atoms with Gasteiger partial charge in [0.2, 0.25) is 5.91 Å². The topological polar surface area (TPSA) is 105 Å². The molecular formula is C16H19F3N4O3. The van der Waals surface area contributed by atoms with Crippen LogP contribution in [0.1, 0.15) is 31.4 Å². The van der Waals surface area contributed by atoms with Crippen molar-refractivity contribution in [3.05, 3.63) is 29.8 Å². The minimum atomic E-state index is -5.00. The molecule has 1 heterocycles. The Bertz CT molecular complexity index is 691. The van der Waals surface area contributed by atoms with E-state index in [0.717, 1.165) is 0 Å². The number of nitrogens with one attached hydrogen (secondary N) is 2. The van der Waals surface area contributed by atoms with Crippen LogP contribution >= 0.6 is 0 Å². The van der Waals surface area contributed by atoms with Crippen molar-refractivity contribution in [2.24, 2.45) is 5.73 Å². The molecule has 0 aromatic heterocycles. The third-order valence-corrected chi connectivity index (χ3v) is 4.10. The molecule has 1 aliphatic heterocycles. The van der Waals surface area contributed by atoms with Crippen LogP contribution in [0.3, 0.4) is 0 Å². The van der Waals surface area contributed by atoms with Crippen LogP contribution in [-0.2, 0) is 9.59 Å². The summed E-state index contributed by atoms with van der Waals surface area (Å²) in [5, 5.41) is 5.01. The number of halogens is 3. The molecule has 4 N–H and O–H groups in total. The predicted octanol–water partition coefficient (Wildman–Crippen LogP) is 1.91. The van der Waals surface area contributed by atoms with Gasteiger partial charge in [0.15, 0.2) is 0 Å². The van der Waals surface area contributed by atoms with E-state index in [4.69, 9.17) is 5.73 Å². The van der Waals surface area contributed by atoms with Crippen LogP contribution in [0, 0.1) is 0 Å². The first kappa shape index (κ1) is 19.5. The molecule has 0 spiro atoms. The second-order valence-corrected chi connectivity index (χ2v) is 6.00. The average molecular weight is 372 g/mol. The van der Waals surface area contributed by atoms with E-state index in [1.807, 2.05) is 0 Å². The monoisotopic (exact) mass is 372 g/mol. The van der Waals surface area contributed by atoms with E-state index in [9.17, 15) is 27.6 Å². The Morgan fingerprint density at radius 3 is 2.38 bits per heavy atom. The molecule has 26 heavy (non-hydrogen) atoms. The minimum absolute atomic E-state index is 0.0989. The summed E-state index contributed by atoms with van der Waals surface area (Å²) in [7, 11) is 0. The number of carbonyl (C=O) groups excluding carboxylic acids is 3. The fourth-order valence-corrected chi connectivity index (χ4v) is 2.84. The molecule has 0 aliphatic carbocycles. The van der Waals surface area contributed by atoms with Gasteiger partial charge in [0.25, 0.3) is 0 Å². The lowest BCUT2D eigenvalue weighted by Crippen LogP contribution is -2.50. The smallest absolute Gasteiger partial charge is 0.351 e. The fourth-order valence-electron chi connectivity index (χ4n) is 2.84. The van der Waals surface area contributed by atoms with Gasteiger partial charge in [-0.05, 0) is 37.5 Å². The maximum atomic E-state index is 12.6. The number of carbonyl (C=O) groups is 3. The van der Waals surface area contributed by atoms with Crippen LogP contribution < -0.4 is 16.4 Å². The summed E-state index contributed by atoms with van der Waals surface area (Å²) in [6.45, 7) is 1.57. The van der Waals surface area contributed by atoms with Crippen LogP contribution in [0.25, 0.3) is 0 Å². The van der Waals surface area contributed by atoms with Crippen molar-refractivity contribution in [2.45, 2.75) is 38.0 Å². The number of anilines is 1. The maximum absolute atomic E-state index is 12.6. The highest BCUT2D eigenvalue weighted by Gasteiger charge is 2.47. The third kappa shape index (κ3) is 4.64. The van der Waals surface area contributed by atoms with E-state index >= 15 is 0 Å². The summed E-state index contributed by atoms with van der Waals surface area (Å²) in [4.78, 5) is 35.1. The molecule has 1 aromatic carbocycles. The second-order valence-electron chi connectivity index (χ2n) is 6.00. The molecule has 7 nitrogen and oxygen atoms in total. The molecule has 2 unspecified atom stereocenters. The molecule has 1 fully saturated rings. The van der Waals surface area contributed by atoms with Gasteiger partial charge in [-0.15, -0.1) is 0 Å². The zero-order chi connectivity index (χ0) is 19.5. The number of nitrogens with zero attached hydrogens (tertiary/aromatic N) is 1. The van der Waals surface area contributed by atoms with Crippen LogP contribution in [0.2, 0.25) is 0 Å². The van der Waals surface area contributed by atoms with Gasteiger partial charge in [-0.3, -0.25) is 9.59 Å². The molecule has 1 aromatic rings. The predicted molar refractivity (Wildman–Crippen MR) is 87.0 cm³/mol. The number of rotatable bonds is 4. The maximum Gasteiger partial charge on any atom is 0.471 e. The van der Waals surface area contributed by atoms with E-state index in [1.165, 1.54) is 0 Å². The van der Waals surface area contributed by atoms with Gasteiger partial charge in [-0.1, -0.05) is 12.1 Å². The van der Waals surface area contributed by atoms with Crippen LogP contribution in [-0.4, -0.2) is 41.5 Å². The Balaban J connectivity index is 2.02. The average Bonchev–Trinajstić information content (AvgIpc) is 3.02. The number of likely N-dealkylation sites (tertiary alicyclic amines) is 1. The molecule has 1 saturated heterocycles. The number of primary amides is 1. The van der Waals surface area contributed by atoms with Crippen molar-refractivity contribution in [2.75, 3.05) is 11.9 Å². The Morgan fingerprint density at radius 2 is 1.85 bits per heavy atom. The summed E-state index contributed by atoms with van der Waals surface area (Å²) >= 11 is 0. The summed E-state index contributed by atoms with van der Waals surface area (Å²) in [6, 6.07) is 4.11. The summed E-state index contributed by atoms with van der Waals surface area (Å²) < 4.78 is 37.9. The quantitative estimate of drug-likeness (QED) is 0.752. The van der Waals surface area contributed by atoms with Crippen LogP contribution in [0.5, 0.6) is 0 Å². The Labute approximate surface area is 147 Å². The molecule has 2 atom stereocenters. The Hall–Kier alpha value is -2.78. The highest BCUT2D eigenvalue weighted by molar-refractivity contribution is 5.90. The largest absolute Gasteiger partial charge is 0.471 e. The first-order valence-corrected chi connectivity index (χ1v) is 7.94. The molecular weight excluding hydrogens is 353 g/mol. The molecule has 4 amide bonds. The molecule has 2 rings (SSSR count). The van der Waals surface area contributed by atoms with Gasteiger partial charge in [-0.2, -0.15) is 13.2 Å².